The molecule has 4 heteroatoms. The van der Waals surface area contributed by atoms with Gasteiger partial charge in [-0.1, -0.05) is 54.6 Å². The van der Waals surface area contributed by atoms with E-state index in [-0.39, 0.29) is 11.1 Å². The summed E-state index contributed by atoms with van der Waals surface area (Å²) in [6.07, 6.45) is 2.56. The number of aromatic carboxylic acids is 1. The number of carbonyl (C=O) groups is 1. The van der Waals surface area contributed by atoms with E-state index in [0.29, 0.717) is 11.9 Å². The minimum absolute atomic E-state index is 0.0466. The van der Waals surface area contributed by atoms with Crippen molar-refractivity contribution in [3.8, 4) is 0 Å². The number of nitrogens with zero attached hydrogens (tertiary/aromatic N) is 1. The predicted molar refractivity (Wildman–Crippen MR) is 110 cm³/mol. The maximum absolute atomic E-state index is 13.0. The second-order valence-corrected chi connectivity index (χ2v) is 6.83. The van der Waals surface area contributed by atoms with E-state index in [0.717, 1.165) is 22.9 Å². The number of aromatic nitrogens is 1. The first kappa shape index (κ1) is 17.7. The van der Waals surface area contributed by atoms with Crippen LogP contribution in [0.2, 0.25) is 0 Å². The number of benzene rings is 3. The van der Waals surface area contributed by atoms with Crippen LogP contribution in [-0.2, 0) is 13.0 Å². The lowest BCUT2D eigenvalue weighted by Crippen LogP contribution is -2.20. The molecule has 0 amide bonds. The molecular weight excluding hydrogens is 350 g/mol. The maximum atomic E-state index is 13.0. The third-order valence-corrected chi connectivity index (χ3v) is 4.85. The Bertz CT molecular complexity index is 1190. The lowest BCUT2D eigenvalue weighted by atomic mass is 10.0. The summed E-state index contributed by atoms with van der Waals surface area (Å²) in [5, 5.41) is 10.6. The summed E-state index contributed by atoms with van der Waals surface area (Å²) in [4.78, 5) is 24.0. The molecule has 0 atom stereocenters. The van der Waals surface area contributed by atoms with Gasteiger partial charge in [-0.3, -0.25) is 4.79 Å². The SMILES string of the molecule is O=C(O)c1ccc(Cn2ccc3ccc(Cc4ccccc4)cc3c2=O)cc1. The van der Waals surface area contributed by atoms with Gasteiger partial charge in [0.05, 0.1) is 12.1 Å². The van der Waals surface area contributed by atoms with Crippen LogP contribution in [0.3, 0.4) is 0 Å². The summed E-state index contributed by atoms with van der Waals surface area (Å²) in [5.41, 5.74) is 3.37. The Morgan fingerprint density at radius 1 is 0.821 bits per heavy atom. The zero-order valence-electron chi connectivity index (χ0n) is 15.2. The van der Waals surface area contributed by atoms with E-state index in [1.165, 1.54) is 5.56 Å². The van der Waals surface area contributed by atoms with E-state index in [4.69, 9.17) is 5.11 Å². The summed E-state index contributed by atoms with van der Waals surface area (Å²) in [5.74, 6) is -0.958. The highest BCUT2D eigenvalue weighted by Gasteiger charge is 2.07. The lowest BCUT2D eigenvalue weighted by Gasteiger charge is -2.09. The topological polar surface area (TPSA) is 59.3 Å². The van der Waals surface area contributed by atoms with Crippen LogP contribution in [-0.4, -0.2) is 15.6 Å². The van der Waals surface area contributed by atoms with E-state index >= 15 is 0 Å². The summed E-state index contributed by atoms with van der Waals surface area (Å²) in [6, 6.07) is 24.7. The first-order valence-corrected chi connectivity index (χ1v) is 9.08. The van der Waals surface area contributed by atoms with Crippen molar-refractivity contribution in [3.63, 3.8) is 0 Å². The van der Waals surface area contributed by atoms with E-state index in [1.54, 1.807) is 35.0 Å². The average molecular weight is 369 g/mol. The van der Waals surface area contributed by atoms with Crippen molar-refractivity contribution in [1.82, 2.24) is 4.57 Å². The molecule has 0 aliphatic rings. The Kier molecular flexibility index (Phi) is 4.77. The first-order valence-electron chi connectivity index (χ1n) is 9.08. The van der Waals surface area contributed by atoms with Gasteiger partial charge in [-0.2, -0.15) is 0 Å². The summed E-state index contributed by atoms with van der Waals surface area (Å²) in [7, 11) is 0. The highest BCUT2D eigenvalue weighted by Crippen LogP contribution is 2.16. The van der Waals surface area contributed by atoms with E-state index in [1.807, 2.05) is 36.4 Å². The Hall–Kier alpha value is -3.66. The second-order valence-electron chi connectivity index (χ2n) is 6.83. The number of fused-ring (bicyclic) bond motifs is 1. The molecule has 0 spiro atoms. The van der Waals surface area contributed by atoms with Crippen LogP contribution in [0, 0.1) is 0 Å². The lowest BCUT2D eigenvalue weighted by molar-refractivity contribution is 0.0697. The average Bonchev–Trinajstić information content (AvgIpc) is 2.72. The fourth-order valence-corrected chi connectivity index (χ4v) is 3.34. The van der Waals surface area contributed by atoms with Crippen LogP contribution >= 0.6 is 0 Å². The molecule has 1 aromatic heterocycles. The monoisotopic (exact) mass is 369 g/mol. The number of pyridine rings is 1. The molecule has 0 unspecified atom stereocenters. The molecule has 4 rings (SSSR count). The second kappa shape index (κ2) is 7.53. The molecular formula is C24H19NO3. The van der Waals surface area contributed by atoms with Gasteiger partial charge in [0.1, 0.15) is 0 Å². The predicted octanol–water partition coefficient (Wildman–Crippen LogP) is 4.34. The maximum Gasteiger partial charge on any atom is 0.335 e. The molecule has 138 valence electrons. The van der Waals surface area contributed by atoms with E-state index in [2.05, 4.69) is 18.2 Å². The van der Waals surface area contributed by atoms with Gasteiger partial charge >= 0.3 is 5.97 Å². The van der Waals surface area contributed by atoms with Gasteiger partial charge < -0.3 is 9.67 Å². The quantitative estimate of drug-likeness (QED) is 0.569. The number of hydrogen-bond donors (Lipinski definition) is 1. The molecule has 0 aliphatic heterocycles. The highest BCUT2D eigenvalue weighted by atomic mass is 16.4. The van der Waals surface area contributed by atoms with Crippen LogP contribution in [0.5, 0.6) is 0 Å². The zero-order chi connectivity index (χ0) is 19.5. The fourth-order valence-electron chi connectivity index (χ4n) is 3.34. The van der Waals surface area contributed by atoms with E-state index in [9.17, 15) is 9.59 Å². The number of rotatable bonds is 5. The Morgan fingerprint density at radius 2 is 1.54 bits per heavy atom. The van der Waals surface area contributed by atoms with Crippen LogP contribution in [0.15, 0.2) is 89.9 Å². The normalized spacial score (nSPS) is 10.9. The molecule has 0 saturated carbocycles. The molecule has 0 fully saturated rings. The van der Waals surface area contributed by atoms with Crippen molar-refractivity contribution < 1.29 is 9.90 Å². The molecule has 0 saturated heterocycles. The molecule has 28 heavy (non-hydrogen) atoms. The van der Waals surface area contributed by atoms with Crippen LogP contribution in [0.25, 0.3) is 10.8 Å². The standard InChI is InChI=1S/C24H19NO3/c26-23-22-15-19(14-17-4-2-1-3-5-17)8-9-20(22)12-13-25(23)16-18-6-10-21(11-7-18)24(27)28/h1-13,15H,14,16H2,(H,27,28). The van der Waals surface area contributed by atoms with Gasteiger partial charge in [0.15, 0.2) is 0 Å². The van der Waals surface area contributed by atoms with Gasteiger partial charge in [-0.15, -0.1) is 0 Å². The van der Waals surface area contributed by atoms with Crippen LogP contribution in [0.1, 0.15) is 27.0 Å². The molecule has 0 aliphatic carbocycles. The van der Waals surface area contributed by atoms with Gasteiger partial charge in [-0.25, -0.2) is 4.79 Å². The third kappa shape index (κ3) is 3.71. The minimum Gasteiger partial charge on any atom is -0.478 e. The smallest absolute Gasteiger partial charge is 0.335 e. The minimum atomic E-state index is -0.958. The summed E-state index contributed by atoms with van der Waals surface area (Å²) in [6.45, 7) is 0.400. The highest BCUT2D eigenvalue weighted by molar-refractivity contribution is 5.87. The molecule has 3 aromatic carbocycles. The van der Waals surface area contributed by atoms with Gasteiger partial charge in [0.2, 0.25) is 0 Å². The van der Waals surface area contributed by atoms with Crippen molar-refractivity contribution in [2.75, 3.05) is 0 Å². The first-order chi connectivity index (χ1) is 13.6. The van der Waals surface area contributed by atoms with Gasteiger partial charge in [0, 0.05) is 11.6 Å². The summed E-state index contributed by atoms with van der Waals surface area (Å²) >= 11 is 0. The van der Waals surface area contributed by atoms with Gasteiger partial charge in [-0.05, 0) is 52.8 Å². The van der Waals surface area contributed by atoms with Crippen molar-refractivity contribution in [2.45, 2.75) is 13.0 Å². The van der Waals surface area contributed by atoms with E-state index < -0.39 is 5.97 Å². The number of hydrogen-bond acceptors (Lipinski definition) is 2. The van der Waals surface area contributed by atoms with Gasteiger partial charge in [0.25, 0.3) is 5.56 Å². The molecule has 1 N–H and O–H groups in total. The molecule has 0 bridgehead atoms. The number of carboxylic acids is 1. The summed E-state index contributed by atoms with van der Waals surface area (Å²) < 4.78 is 1.66. The molecule has 1 heterocycles. The molecule has 0 radical (unpaired) electrons. The molecule has 4 aromatic rings. The van der Waals surface area contributed by atoms with Crippen molar-refractivity contribution in [1.29, 1.82) is 0 Å². The largest absolute Gasteiger partial charge is 0.478 e. The number of carboxylic acid groups (broad SMARTS) is 1. The van der Waals surface area contributed by atoms with Crippen molar-refractivity contribution in [3.05, 3.63) is 118 Å². The fraction of sp³-hybridized carbons (Fsp3) is 0.0833. The van der Waals surface area contributed by atoms with Crippen LogP contribution in [0.4, 0.5) is 0 Å². The van der Waals surface area contributed by atoms with Crippen molar-refractivity contribution >= 4 is 16.7 Å². The Morgan fingerprint density at radius 3 is 2.25 bits per heavy atom. The molecule has 4 nitrogen and oxygen atoms in total. The Labute approximate surface area is 162 Å². The van der Waals surface area contributed by atoms with Crippen LogP contribution < -0.4 is 5.56 Å². The third-order valence-electron chi connectivity index (χ3n) is 4.85. The Balaban J connectivity index is 1.65. The zero-order valence-corrected chi connectivity index (χ0v) is 15.2. The van der Waals surface area contributed by atoms with Crippen molar-refractivity contribution in [2.24, 2.45) is 0 Å².